The maximum atomic E-state index is 13.9. The van der Waals surface area contributed by atoms with E-state index in [1.165, 1.54) is 24.0 Å². The summed E-state index contributed by atoms with van der Waals surface area (Å²) in [7, 11) is 0. The van der Waals surface area contributed by atoms with Gasteiger partial charge in [0.1, 0.15) is 17.4 Å². The van der Waals surface area contributed by atoms with E-state index in [4.69, 9.17) is 0 Å². The van der Waals surface area contributed by atoms with Gasteiger partial charge < -0.3 is 10.2 Å². The Kier molecular flexibility index (Phi) is 5.34. The minimum Gasteiger partial charge on any atom is -0.344 e. The Balaban J connectivity index is 1.49. The number of rotatable bonds is 4. The monoisotopic (exact) mass is 427 g/mol. The van der Waals surface area contributed by atoms with Gasteiger partial charge in [-0.15, -0.1) is 0 Å². The zero-order valence-electron chi connectivity index (χ0n) is 16.7. The molecule has 2 aliphatic rings. The van der Waals surface area contributed by atoms with Crippen molar-refractivity contribution in [3.8, 4) is 0 Å². The molecule has 2 aromatic rings. The Morgan fingerprint density at radius 3 is 2.71 bits per heavy atom. The van der Waals surface area contributed by atoms with E-state index >= 15 is 0 Å². The number of carbonyl (C=O) groups excluding carboxylic acids is 4. The van der Waals surface area contributed by atoms with Gasteiger partial charge in [0, 0.05) is 30.2 Å². The van der Waals surface area contributed by atoms with Crippen LogP contribution in [0, 0.1) is 11.6 Å². The SMILES string of the molecule is C[C@H](NC(=O)c1ccc2c(c1)CN(C1CCC(=O)CC1=O)C2=O)c1ncc(F)cc1F. The minimum atomic E-state index is -0.862. The molecule has 1 aromatic carbocycles. The summed E-state index contributed by atoms with van der Waals surface area (Å²) in [6.07, 6.45) is 1.27. The van der Waals surface area contributed by atoms with Crippen molar-refractivity contribution in [2.24, 2.45) is 0 Å². The molecule has 1 saturated carbocycles. The quantitative estimate of drug-likeness (QED) is 0.757. The molecule has 1 aliphatic heterocycles. The Morgan fingerprint density at radius 1 is 1.23 bits per heavy atom. The summed E-state index contributed by atoms with van der Waals surface area (Å²) in [5.74, 6) is -2.87. The molecule has 0 spiro atoms. The van der Waals surface area contributed by atoms with Gasteiger partial charge in [-0.05, 0) is 37.1 Å². The molecule has 1 aromatic heterocycles. The molecule has 31 heavy (non-hydrogen) atoms. The second-order valence-corrected chi connectivity index (χ2v) is 7.76. The van der Waals surface area contributed by atoms with Crippen LogP contribution in [0.15, 0.2) is 30.5 Å². The van der Waals surface area contributed by atoms with E-state index in [2.05, 4.69) is 10.3 Å². The number of nitrogens with zero attached hydrogens (tertiary/aromatic N) is 2. The molecular formula is C22H19F2N3O4. The molecule has 2 amide bonds. The first kappa shape index (κ1) is 20.8. The number of carbonyl (C=O) groups is 4. The third-order valence-corrected chi connectivity index (χ3v) is 5.61. The highest BCUT2D eigenvalue weighted by Gasteiger charge is 2.39. The summed E-state index contributed by atoms with van der Waals surface area (Å²) in [6, 6.07) is 3.80. The summed E-state index contributed by atoms with van der Waals surface area (Å²) in [6.45, 7) is 1.69. The number of pyridine rings is 1. The van der Waals surface area contributed by atoms with Crippen molar-refractivity contribution in [2.75, 3.05) is 0 Å². The zero-order valence-corrected chi connectivity index (χ0v) is 16.7. The van der Waals surface area contributed by atoms with Gasteiger partial charge in [-0.2, -0.15) is 0 Å². The van der Waals surface area contributed by atoms with Gasteiger partial charge in [0.25, 0.3) is 11.8 Å². The highest BCUT2D eigenvalue weighted by molar-refractivity contribution is 6.08. The molecule has 2 heterocycles. The van der Waals surface area contributed by atoms with E-state index in [0.29, 0.717) is 23.6 Å². The Morgan fingerprint density at radius 2 is 2.00 bits per heavy atom. The van der Waals surface area contributed by atoms with Crippen LogP contribution in [0.4, 0.5) is 8.78 Å². The van der Waals surface area contributed by atoms with Gasteiger partial charge in [0.05, 0.1) is 30.4 Å². The lowest BCUT2D eigenvalue weighted by Gasteiger charge is -2.29. The fraction of sp³-hybridized carbons (Fsp3) is 0.318. The van der Waals surface area contributed by atoms with E-state index in [9.17, 15) is 28.0 Å². The van der Waals surface area contributed by atoms with Crippen molar-refractivity contribution >= 4 is 23.4 Å². The van der Waals surface area contributed by atoms with E-state index in [0.717, 1.165) is 6.20 Å². The van der Waals surface area contributed by atoms with Crippen molar-refractivity contribution in [2.45, 2.75) is 44.8 Å². The number of halogens is 2. The fourth-order valence-corrected chi connectivity index (χ4v) is 4.02. The number of Topliss-reactive ketones (excluding diaryl/α,β-unsaturated/α-hetero) is 2. The lowest BCUT2D eigenvalue weighted by Crippen LogP contribution is -2.44. The highest BCUT2D eigenvalue weighted by Crippen LogP contribution is 2.29. The number of aromatic nitrogens is 1. The second kappa shape index (κ2) is 7.98. The molecule has 2 atom stereocenters. The van der Waals surface area contributed by atoms with Gasteiger partial charge in [-0.25, -0.2) is 8.78 Å². The summed E-state index contributed by atoms with van der Waals surface area (Å²) < 4.78 is 27.0. The van der Waals surface area contributed by atoms with Crippen LogP contribution in [-0.4, -0.2) is 39.3 Å². The van der Waals surface area contributed by atoms with Crippen molar-refractivity contribution < 1.29 is 28.0 Å². The number of nitrogens with one attached hydrogen (secondary N) is 1. The normalized spacial score (nSPS) is 19.4. The molecule has 0 radical (unpaired) electrons. The van der Waals surface area contributed by atoms with E-state index in [1.54, 1.807) is 6.07 Å². The van der Waals surface area contributed by atoms with Crippen LogP contribution in [0.2, 0.25) is 0 Å². The zero-order chi connectivity index (χ0) is 22.3. The van der Waals surface area contributed by atoms with Crippen LogP contribution in [0.3, 0.4) is 0 Å². The molecule has 1 fully saturated rings. The molecule has 1 N–H and O–H groups in total. The van der Waals surface area contributed by atoms with Gasteiger partial charge in [0.15, 0.2) is 5.78 Å². The average Bonchev–Trinajstić information content (AvgIpc) is 3.03. The lowest BCUT2D eigenvalue weighted by molar-refractivity contribution is -0.133. The third-order valence-electron chi connectivity index (χ3n) is 5.61. The number of ketones is 2. The van der Waals surface area contributed by atoms with Crippen molar-refractivity contribution in [3.05, 3.63) is 64.5 Å². The molecule has 1 unspecified atom stereocenters. The second-order valence-electron chi connectivity index (χ2n) is 7.76. The van der Waals surface area contributed by atoms with Crippen LogP contribution in [0.1, 0.15) is 64.2 Å². The van der Waals surface area contributed by atoms with Crippen LogP contribution in [0.25, 0.3) is 0 Å². The van der Waals surface area contributed by atoms with E-state index in [1.807, 2.05) is 0 Å². The predicted molar refractivity (Wildman–Crippen MR) is 104 cm³/mol. The number of benzene rings is 1. The molecule has 7 nitrogen and oxygen atoms in total. The average molecular weight is 427 g/mol. The van der Waals surface area contributed by atoms with Gasteiger partial charge in [-0.3, -0.25) is 24.2 Å². The van der Waals surface area contributed by atoms with E-state index < -0.39 is 29.6 Å². The summed E-state index contributed by atoms with van der Waals surface area (Å²) in [4.78, 5) is 54.2. The Hall–Kier alpha value is -3.49. The summed E-state index contributed by atoms with van der Waals surface area (Å²) >= 11 is 0. The van der Waals surface area contributed by atoms with Gasteiger partial charge in [0.2, 0.25) is 0 Å². The first-order chi connectivity index (χ1) is 14.7. The smallest absolute Gasteiger partial charge is 0.255 e. The van der Waals surface area contributed by atoms with Crippen LogP contribution < -0.4 is 5.32 Å². The standard InChI is InChI=1S/C22H19F2N3O4/c1-11(20-17(24)7-14(23)9-25-20)26-21(30)12-2-4-16-13(6-12)10-27(22(16)31)18-5-3-15(28)8-19(18)29/h2,4,6-7,9,11,18H,3,5,8,10H2,1H3,(H,26,30)/t11-,18?/m0/s1. The molecule has 9 heteroatoms. The summed E-state index contributed by atoms with van der Waals surface area (Å²) in [5, 5.41) is 2.61. The highest BCUT2D eigenvalue weighted by atomic mass is 19.1. The lowest BCUT2D eigenvalue weighted by atomic mass is 9.92. The third kappa shape index (κ3) is 3.95. The number of hydrogen-bond acceptors (Lipinski definition) is 5. The van der Waals surface area contributed by atoms with Gasteiger partial charge in [-0.1, -0.05) is 0 Å². The van der Waals surface area contributed by atoms with Crippen molar-refractivity contribution in [3.63, 3.8) is 0 Å². The maximum Gasteiger partial charge on any atom is 0.255 e. The van der Waals surface area contributed by atoms with Crippen LogP contribution in [0.5, 0.6) is 0 Å². The number of amides is 2. The van der Waals surface area contributed by atoms with Crippen LogP contribution >= 0.6 is 0 Å². The molecule has 0 bridgehead atoms. The predicted octanol–water partition coefficient (Wildman–Crippen LogP) is 2.50. The summed E-state index contributed by atoms with van der Waals surface area (Å²) in [5.41, 5.74) is 1.16. The largest absolute Gasteiger partial charge is 0.344 e. The van der Waals surface area contributed by atoms with E-state index in [-0.39, 0.29) is 48.1 Å². The molecular weight excluding hydrogens is 408 g/mol. The molecule has 1 aliphatic carbocycles. The number of fused-ring (bicyclic) bond motifs is 1. The van der Waals surface area contributed by atoms with Crippen LogP contribution in [-0.2, 0) is 16.1 Å². The topological polar surface area (TPSA) is 96.4 Å². The minimum absolute atomic E-state index is 0.0948. The molecule has 0 saturated heterocycles. The Bertz CT molecular complexity index is 1120. The Labute approximate surface area is 176 Å². The molecule has 4 rings (SSSR count). The first-order valence-electron chi connectivity index (χ1n) is 9.84. The molecule has 160 valence electrons. The first-order valence-corrected chi connectivity index (χ1v) is 9.84. The van der Waals surface area contributed by atoms with Crippen molar-refractivity contribution in [1.82, 2.24) is 15.2 Å². The maximum absolute atomic E-state index is 13.9. The van der Waals surface area contributed by atoms with Crippen molar-refractivity contribution in [1.29, 1.82) is 0 Å². The fourth-order valence-electron chi connectivity index (χ4n) is 4.02. The van der Waals surface area contributed by atoms with Gasteiger partial charge >= 0.3 is 0 Å². The number of hydrogen-bond donors (Lipinski definition) is 1.